The highest BCUT2D eigenvalue weighted by molar-refractivity contribution is 6.04. The van der Waals surface area contributed by atoms with Crippen LogP contribution in [-0.4, -0.2) is 41.0 Å². The molecule has 0 radical (unpaired) electrons. The Balaban J connectivity index is 1.60. The minimum absolute atomic E-state index is 0.112. The van der Waals surface area contributed by atoms with Gasteiger partial charge in [-0.3, -0.25) is 9.59 Å². The van der Waals surface area contributed by atoms with E-state index in [1.54, 1.807) is 24.3 Å². The summed E-state index contributed by atoms with van der Waals surface area (Å²) >= 11 is 0. The Morgan fingerprint density at radius 2 is 1.56 bits per heavy atom. The lowest BCUT2D eigenvalue weighted by Gasteiger charge is -2.25. The summed E-state index contributed by atoms with van der Waals surface area (Å²) in [5, 5.41) is 5.72. The van der Waals surface area contributed by atoms with E-state index in [1.807, 2.05) is 30.3 Å². The van der Waals surface area contributed by atoms with Gasteiger partial charge in [0.15, 0.2) is 0 Å². The topological polar surface area (TPSA) is 53.0 Å². The van der Waals surface area contributed by atoms with Crippen LogP contribution in [0, 0.1) is 11.6 Å². The van der Waals surface area contributed by atoms with Crippen molar-refractivity contribution in [1.29, 1.82) is 0 Å². The fourth-order valence-corrected chi connectivity index (χ4v) is 3.72. The lowest BCUT2D eigenvalue weighted by atomic mass is 9.98. The molecule has 2 amide bonds. The Morgan fingerprint density at radius 1 is 0.938 bits per heavy atom. The number of carbonyl (C=O) groups is 2. The van der Waals surface area contributed by atoms with E-state index in [9.17, 15) is 18.4 Å². The van der Waals surface area contributed by atoms with Crippen LogP contribution in [0.5, 0.6) is 0 Å². The second-order valence-electron chi connectivity index (χ2n) is 7.54. The summed E-state index contributed by atoms with van der Waals surface area (Å²) in [4.78, 5) is 26.9. The number of nitrogens with zero attached hydrogens (tertiary/aromatic N) is 3. The number of hydrazone groups is 1. The van der Waals surface area contributed by atoms with E-state index in [1.165, 1.54) is 36.3 Å². The molecule has 1 aliphatic rings. The Kier molecular flexibility index (Phi) is 6.07. The summed E-state index contributed by atoms with van der Waals surface area (Å²) in [5.74, 6) is -2.12. The van der Waals surface area contributed by atoms with Crippen LogP contribution in [0.2, 0.25) is 0 Å². The van der Waals surface area contributed by atoms with E-state index < -0.39 is 29.5 Å². The maximum absolute atomic E-state index is 14.4. The van der Waals surface area contributed by atoms with E-state index in [0.717, 1.165) is 10.5 Å². The van der Waals surface area contributed by atoms with Crippen molar-refractivity contribution >= 4 is 17.5 Å². The minimum atomic E-state index is -0.653. The zero-order valence-electron chi connectivity index (χ0n) is 17.4. The van der Waals surface area contributed by atoms with Crippen LogP contribution in [0.3, 0.4) is 0 Å². The molecule has 0 saturated carbocycles. The summed E-state index contributed by atoms with van der Waals surface area (Å²) in [6.07, 6.45) is 0.335. The minimum Gasteiger partial charge on any atom is -0.332 e. The van der Waals surface area contributed by atoms with Crippen LogP contribution < -0.4 is 0 Å². The molecule has 162 valence electrons. The Labute approximate surface area is 184 Å². The van der Waals surface area contributed by atoms with Crippen LogP contribution in [0.15, 0.2) is 84.0 Å². The lowest BCUT2D eigenvalue weighted by Crippen LogP contribution is -2.39. The quantitative estimate of drug-likeness (QED) is 0.598. The maximum atomic E-state index is 14.4. The van der Waals surface area contributed by atoms with Gasteiger partial charge in [0.05, 0.1) is 17.3 Å². The number of likely N-dealkylation sites (N-methyl/N-ethyl adjacent to an activating group) is 1. The number of halogens is 2. The molecule has 0 unspecified atom stereocenters. The number of amides is 2. The zero-order valence-corrected chi connectivity index (χ0v) is 17.4. The van der Waals surface area contributed by atoms with Gasteiger partial charge in [-0.25, -0.2) is 13.8 Å². The molecule has 4 rings (SSSR count). The molecule has 0 aliphatic carbocycles. The molecule has 0 N–H and O–H groups in total. The van der Waals surface area contributed by atoms with E-state index in [4.69, 9.17) is 0 Å². The van der Waals surface area contributed by atoms with Crippen LogP contribution in [0.1, 0.15) is 33.9 Å². The van der Waals surface area contributed by atoms with Crippen molar-refractivity contribution in [2.75, 3.05) is 13.6 Å². The number of hydrogen-bond donors (Lipinski definition) is 0. The number of rotatable bonds is 5. The molecule has 3 aromatic rings. The Bertz CT molecular complexity index is 1180. The fourth-order valence-electron chi connectivity index (χ4n) is 3.72. The first kappa shape index (κ1) is 21.4. The fraction of sp³-hybridized carbons (Fsp3) is 0.160. The van der Waals surface area contributed by atoms with Crippen molar-refractivity contribution in [3.05, 3.63) is 107 Å². The first-order valence-corrected chi connectivity index (χ1v) is 10.1. The van der Waals surface area contributed by atoms with Crippen molar-refractivity contribution in [1.82, 2.24) is 9.91 Å². The van der Waals surface area contributed by atoms with E-state index in [0.29, 0.717) is 17.7 Å². The molecule has 1 atom stereocenters. The molecular formula is C25H21F2N3O2. The third kappa shape index (κ3) is 4.27. The number of hydrogen-bond acceptors (Lipinski definition) is 3. The second kappa shape index (κ2) is 9.09. The SMILES string of the molecule is CN(CC(=O)N1N=C(c2ccccc2F)C[C@H]1c1ccccc1)C(=O)c1ccccc1F. The van der Waals surface area contributed by atoms with Crippen LogP contribution in [0.4, 0.5) is 8.78 Å². The number of carbonyl (C=O) groups excluding carboxylic acids is 2. The Morgan fingerprint density at radius 3 is 2.25 bits per heavy atom. The third-order valence-corrected chi connectivity index (χ3v) is 5.36. The summed E-state index contributed by atoms with van der Waals surface area (Å²) in [6, 6.07) is 20.8. The van der Waals surface area contributed by atoms with Crippen molar-refractivity contribution in [3.63, 3.8) is 0 Å². The zero-order chi connectivity index (χ0) is 22.7. The Hall–Kier alpha value is -3.87. The molecule has 32 heavy (non-hydrogen) atoms. The van der Waals surface area contributed by atoms with Gasteiger partial charge in [-0.15, -0.1) is 0 Å². The van der Waals surface area contributed by atoms with Gasteiger partial charge in [-0.1, -0.05) is 60.7 Å². The summed E-state index contributed by atoms with van der Waals surface area (Å²) in [6.45, 7) is -0.301. The first-order chi connectivity index (χ1) is 15.5. The highest BCUT2D eigenvalue weighted by Gasteiger charge is 2.34. The van der Waals surface area contributed by atoms with Gasteiger partial charge in [-0.2, -0.15) is 5.10 Å². The van der Waals surface area contributed by atoms with Gasteiger partial charge >= 0.3 is 0 Å². The molecule has 3 aromatic carbocycles. The largest absolute Gasteiger partial charge is 0.332 e. The highest BCUT2D eigenvalue weighted by Crippen LogP contribution is 2.33. The smallest absolute Gasteiger partial charge is 0.262 e. The molecule has 7 heteroatoms. The van der Waals surface area contributed by atoms with Crippen molar-refractivity contribution < 1.29 is 18.4 Å². The first-order valence-electron chi connectivity index (χ1n) is 10.1. The predicted molar refractivity (Wildman–Crippen MR) is 117 cm³/mol. The maximum Gasteiger partial charge on any atom is 0.262 e. The third-order valence-electron chi connectivity index (χ3n) is 5.36. The molecule has 1 aliphatic heterocycles. The van der Waals surface area contributed by atoms with E-state index in [2.05, 4.69) is 5.10 Å². The van der Waals surface area contributed by atoms with Gasteiger partial charge in [0.2, 0.25) is 0 Å². The summed E-state index contributed by atoms with van der Waals surface area (Å²) in [7, 11) is 1.43. The van der Waals surface area contributed by atoms with Crippen LogP contribution >= 0.6 is 0 Å². The van der Waals surface area contributed by atoms with Crippen LogP contribution in [0.25, 0.3) is 0 Å². The lowest BCUT2D eigenvalue weighted by molar-refractivity contribution is -0.133. The average Bonchev–Trinajstić information content (AvgIpc) is 3.25. The second-order valence-corrected chi connectivity index (χ2v) is 7.54. The predicted octanol–water partition coefficient (Wildman–Crippen LogP) is 4.41. The van der Waals surface area contributed by atoms with Crippen molar-refractivity contribution in [2.24, 2.45) is 5.10 Å². The van der Waals surface area contributed by atoms with Gasteiger partial charge in [0, 0.05) is 19.0 Å². The summed E-state index contributed by atoms with van der Waals surface area (Å²) in [5.41, 5.74) is 1.52. The number of benzene rings is 3. The monoisotopic (exact) mass is 433 g/mol. The molecular weight excluding hydrogens is 412 g/mol. The molecule has 1 heterocycles. The van der Waals surface area contributed by atoms with Crippen LogP contribution in [-0.2, 0) is 4.79 Å². The van der Waals surface area contributed by atoms with Gasteiger partial charge < -0.3 is 4.90 Å². The van der Waals surface area contributed by atoms with Gasteiger partial charge in [0.1, 0.15) is 18.2 Å². The summed E-state index contributed by atoms with van der Waals surface area (Å²) < 4.78 is 28.4. The molecule has 0 bridgehead atoms. The average molecular weight is 433 g/mol. The van der Waals surface area contributed by atoms with E-state index >= 15 is 0 Å². The van der Waals surface area contributed by atoms with Crippen molar-refractivity contribution in [3.8, 4) is 0 Å². The van der Waals surface area contributed by atoms with E-state index in [-0.39, 0.29) is 12.1 Å². The van der Waals surface area contributed by atoms with Gasteiger partial charge in [0.25, 0.3) is 11.8 Å². The standard InChI is InChI=1S/C25H21F2N3O2/c1-29(25(32)19-12-6-8-14-21(19)27)16-24(31)30-23(17-9-3-2-4-10-17)15-22(28-30)18-11-5-7-13-20(18)26/h2-14,23H,15-16H2,1H3/t23-/m0/s1. The normalized spacial score (nSPS) is 15.4. The molecule has 0 fully saturated rings. The molecule has 0 saturated heterocycles. The molecule has 0 aromatic heterocycles. The molecule has 0 spiro atoms. The highest BCUT2D eigenvalue weighted by atomic mass is 19.1. The van der Waals surface area contributed by atoms with Crippen molar-refractivity contribution in [2.45, 2.75) is 12.5 Å². The van der Waals surface area contributed by atoms with Gasteiger partial charge in [-0.05, 0) is 23.8 Å². The molecule has 5 nitrogen and oxygen atoms in total.